The number of hydrogen-bond donors (Lipinski definition) is 2. The summed E-state index contributed by atoms with van der Waals surface area (Å²) in [6, 6.07) is 9.45. The van der Waals surface area contributed by atoms with E-state index in [1.807, 2.05) is 24.3 Å². The number of halogens is 2. The molecule has 1 aromatic heterocycles. The third-order valence-corrected chi connectivity index (χ3v) is 3.44. The molecule has 6 heteroatoms. The summed E-state index contributed by atoms with van der Waals surface area (Å²) in [7, 11) is 0. The third kappa shape index (κ3) is 2.42. The molecule has 114 valence electrons. The largest absolute Gasteiger partial charge is 0.505 e. The standard InChI is InChI=1S/C16H14F2N2O2/c17-11-8-10(9-14(22)16(11)18)20-13-5-2-1-4-12(13)19-15(20)6-3-7-21/h1-2,4-5,8-9,21-22H,3,6-7H2. The minimum absolute atomic E-state index is 0.00618. The van der Waals surface area contributed by atoms with Crippen molar-refractivity contribution in [2.24, 2.45) is 0 Å². The highest BCUT2D eigenvalue weighted by molar-refractivity contribution is 5.78. The van der Waals surface area contributed by atoms with Crippen LogP contribution in [0.25, 0.3) is 16.7 Å². The van der Waals surface area contributed by atoms with Crippen molar-refractivity contribution in [3.05, 3.63) is 53.9 Å². The number of phenolic OH excluding ortho intramolecular Hbond substituents is 1. The Morgan fingerprint density at radius 2 is 1.91 bits per heavy atom. The summed E-state index contributed by atoms with van der Waals surface area (Å²) in [5, 5.41) is 18.5. The number of aliphatic hydroxyl groups is 1. The second-order valence-electron chi connectivity index (χ2n) is 4.94. The number of benzene rings is 2. The Kier molecular flexibility index (Phi) is 3.77. The highest BCUT2D eigenvalue weighted by atomic mass is 19.2. The highest BCUT2D eigenvalue weighted by Crippen LogP contribution is 2.27. The zero-order valence-electron chi connectivity index (χ0n) is 11.6. The number of para-hydroxylation sites is 2. The smallest absolute Gasteiger partial charge is 0.200 e. The Morgan fingerprint density at radius 1 is 1.14 bits per heavy atom. The third-order valence-electron chi connectivity index (χ3n) is 3.44. The summed E-state index contributed by atoms with van der Waals surface area (Å²) in [6.07, 6.45) is 0.976. The van der Waals surface area contributed by atoms with E-state index < -0.39 is 17.4 Å². The van der Waals surface area contributed by atoms with Crippen LogP contribution in [0.5, 0.6) is 5.75 Å². The second kappa shape index (κ2) is 5.73. The fourth-order valence-corrected chi connectivity index (χ4v) is 2.46. The molecule has 0 unspecified atom stereocenters. The zero-order chi connectivity index (χ0) is 15.7. The maximum atomic E-state index is 13.6. The van der Waals surface area contributed by atoms with Gasteiger partial charge in [0.2, 0.25) is 0 Å². The van der Waals surface area contributed by atoms with Crippen LogP contribution in [0.15, 0.2) is 36.4 Å². The fraction of sp³-hybridized carbons (Fsp3) is 0.188. The Bertz CT molecular complexity index is 807. The van der Waals surface area contributed by atoms with E-state index >= 15 is 0 Å². The van der Waals surface area contributed by atoms with Gasteiger partial charge in [-0.25, -0.2) is 9.37 Å². The number of aryl methyl sites for hydroxylation is 1. The van der Waals surface area contributed by atoms with Gasteiger partial charge in [0, 0.05) is 25.2 Å². The van der Waals surface area contributed by atoms with Gasteiger partial charge >= 0.3 is 0 Å². The number of aromatic nitrogens is 2. The van der Waals surface area contributed by atoms with Crippen LogP contribution in [0.1, 0.15) is 12.2 Å². The number of aromatic hydroxyl groups is 1. The Labute approximate surface area is 125 Å². The summed E-state index contributed by atoms with van der Waals surface area (Å²) in [5.41, 5.74) is 1.72. The predicted molar refractivity (Wildman–Crippen MR) is 78.1 cm³/mol. The maximum absolute atomic E-state index is 13.6. The molecule has 2 N–H and O–H groups in total. The van der Waals surface area contributed by atoms with Crippen molar-refractivity contribution in [3.63, 3.8) is 0 Å². The Hall–Kier alpha value is -2.47. The van der Waals surface area contributed by atoms with E-state index in [2.05, 4.69) is 4.98 Å². The van der Waals surface area contributed by atoms with E-state index in [-0.39, 0.29) is 12.3 Å². The number of hydrogen-bond acceptors (Lipinski definition) is 3. The second-order valence-corrected chi connectivity index (χ2v) is 4.94. The number of fused-ring (bicyclic) bond motifs is 1. The van der Waals surface area contributed by atoms with Crippen LogP contribution in [-0.4, -0.2) is 26.4 Å². The molecule has 3 aromatic rings. The molecular formula is C16H14F2N2O2. The van der Waals surface area contributed by atoms with Crippen molar-refractivity contribution < 1.29 is 19.0 Å². The van der Waals surface area contributed by atoms with Gasteiger partial charge in [-0.15, -0.1) is 0 Å². The van der Waals surface area contributed by atoms with Crippen LogP contribution < -0.4 is 0 Å². The zero-order valence-corrected chi connectivity index (χ0v) is 11.6. The molecule has 0 aliphatic rings. The van der Waals surface area contributed by atoms with Crippen LogP contribution in [0.3, 0.4) is 0 Å². The van der Waals surface area contributed by atoms with Crippen LogP contribution in [0, 0.1) is 11.6 Å². The van der Waals surface area contributed by atoms with Gasteiger partial charge in [0.25, 0.3) is 0 Å². The molecule has 0 spiro atoms. The molecule has 0 saturated heterocycles. The summed E-state index contributed by atoms with van der Waals surface area (Å²) in [5.74, 6) is -2.53. The van der Waals surface area contributed by atoms with Crippen molar-refractivity contribution in [3.8, 4) is 11.4 Å². The van der Waals surface area contributed by atoms with E-state index in [0.29, 0.717) is 24.2 Å². The lowest BCUT2D eigenvalue weighted by atomic mass is 10.2. The number of imidazole rings is 1. The number of rotatable bonds is 4. The predicted octanol–water partition coefficient (Wildman–Crippen LogP) is 2.93. The van der Waals surface area contributed by atoms with Gasteiger partial charge in [0.05, 0.1) is 16.7 Å². The molecule has 0 atom stereocenters. The molecule has 0 bridgehead atoms. The fourth-order valence-electron chi connectivity index (χ4n) is 2.46. The normalized spacial score (nSPS) is 11.2. The van der Waals surface area contributed by atoms with Gasteiger partial charge < -0.3 is 10.2 Å². The number of aliphatic hydroxyl groups excluding tert-OH is 1. The van der Waals surface area contributed by atoms with Gasteiger partial charge in [-0.2, -0.15) is 4.39 Å². The van der Waals surface area contributed by atoms with Gasteiger partial charge in [-0.3, -0.25) is 4.57 Å². The van der Waals surface area contributed by atoms with E-state index in [4.69, 9.17) is 5.11 Å². The van der Waals surface area contributed by atoms with Crippen molar-refractivity contribution in [1.29, 1.82) is 0 Å². The van der Waals surface area contributed by atoms with Gasteiger partial charge in [-0.05, 0) is 18.6 Å². The summed E-state index contributed by atoms with van der Waals surface area (Å²) in [4.78, 5) is 4.46. The average Bonchev–Trinajstić information content (AvgIpc) is 2.88. The van der Waals surface area contributed by atoms with Crippen molar-refractivity contribution in [1.82, 2.24) is 9.55 Å². The van der Waals surface area contributed by atoms with Crippen molar-refractivity contribution in [2.75, 3.05) is 6.61 Å². The van der Waals surface area contributed by atoms with E-state index in [1.54, 1.807) is 4.57 Å². The lowest BCUT2D eigenvalue weighted by molar-refractivity contribution is 0.287. The van der Waals surface area contributed by atoms with E-state index in [0.717, 1.165) is 17.6 Å². The van der Waals surface area contributed by atoms with E-state index in [1.165, 1.54) is 0 Å². The topological polar surface area (TPSA) is 58.3 Å². The van der Waals surface area contributed by atoms with Crippen LogP contribution in [0.2, 0.25) is 0 Å². The molecule has 4 nitrogen and oxygen atoms in total. The van der Waals surface area contributed by atoms with Crippen molar-refractivity contribution in [2.45, 2.75) is 12.8 Å². The minimum Gasteiger partial charge on any atom is -0.505 e. The molecule has 3 rings (SSSR count). The lowest BCUT2D eigenvalue weighted by Gasteiger charge is -2.10. The molecule has 1 heterocycles. The molecule has 0 aliphatic carbocycles. The van der Waals surface area contributed by atoms with Crippen LogP contribution in [-0.2, 0) is 6.42 Å². The summed E-state index contributed by atoms with van der Waals surface area (Å²) >= 11 is 0. The molecule has 0 amide bonds. The summed E-state index contributed by atoms with van der Waals surface area (Å²) in [6.45, 7) is 0.00618. The molecule has 0 radical (unpaired) electrons. The first-order chi connectivity index (χ1) is 10.6. The van der Waals surface area contributed by atoms with Crippen LogP contribution >= 0.6 is 0 Å². The quantitative estimate of drug-likeness (QED) is 0.779. The van der Waals surface area contributed by atoms with Gasteiger partial charge in [0.15, 0.2) is 17.4 Å². The molecule has 0 fully saturated rings. The minimum atomic E-state index is -1.27. The Balaban J connectivity index is 2.23. The van der Waals surface area contributed by atoms with Crippen LogP contribution in [0.4, 0.5) is 8.78 Å². The molecular weight excluding hydrogens is 290 g/mol. The average molecular weight is 304 g/mol. The SMILES string of the molecule is OCCCc1nc2ccccc2n1-c1cc(O)c(F)c(F)c1. The van der Waals surface area contributed by atoms with E-state index in [9.17, 15) is 13.9 Å². The van der Waals surface area contributed by atoms with Gasteiger partial charge in [0.1, 0.15) is 5.82 Å². The number of nitrogens with zero attached hydrogens (tertiary/aromatic N) is 2. The number of phenols is 1. The molecule has 2 aromatic carbocycles. The highest BCUT2D eigenvalue weighted by Gasteiger charge is 2.16. The first-order valence-corrected chi connectivity index (χ1v) is 6.87. The molecule has 0 aliphatic heterocycles. The first-order valence-electron chi connectivity index (χ1n) is 6.87. The molecule has 22 heavy (non-hydrogen) atoms. The molecule has 0 saturated carbocycles. The monoisotopic (exact) mass is 304 g/mol. The summed E-state index contributed by atoms with van der Waals surface area (Å²) < 4.78 is 28.6. The van der Waals surface area contributed by atoms with Gasteiger partial charge in [-0.1, -0.05) is 12.1 Å². The Morgan fingerprint density at radius 3 is 2.64 bits per heavy atom. The lowest BCUT2D eigenvalue weighted by Crippen LogP contribution is -2.04. The first kappa shape index (κ1) is 14.5. The van der Waals surface area contributed by atoms with Crippen molar-refractivity contribution >= 4 is 11.0 Å². The maximum Gasteiger partial charge on any atom is 0.200 e.